The summed E-state index contributed by atoms with van der Waals surface area (Å²) < 4.78 is 4.55. The highest BCUT2D eigenvalue weighted by Gasteiger charge is 2.15. The summed E-state index contributed by atoms with van der Waals surface area (Å²) in [6, 6.07) is 13.4. The lowest BCUT2D eigenvalue weighted by molar-refractivity contribution is -0.138. The van der Waals surface area contributed by atoms with Crippen molar-refractivity contribution in [3.05, 3.63) is 53.1 Å². The summed E-state index contributed by atoms with van der Waals surface area (Å²) in [6.07, 6.45) is 0. The molecule has 1 aliphatic rings. The van der Waals surface area contributed by atoms with Crippen LogP contribution in [0.25, 0.3) is 0 Å². The van der Waals surface area contributed by atoms with Crippen LogP contribution < -0.4 is 16.0 Å². The van der Waals surface area contributed by atoms with Crippen LogP contribution in [0.3, 0.4) is 0 Å². The molecule has 1 heterocycles. The van der Waals surface area contributed by atoms with E-state index in [1.807, 2.05) is 32.5 Å². The molecule has 0 bridgehead atoms. The SMILES string of the molecule is CC(C)(C)OC=O.Cc1cc(C)cc(Sc2cc(CN)ccc2N2CCNCC2)c1. The molecule has 30 heavy (non-hydrogen) atoms. The number of nitrogens with zero attached hydrogens (tertiary/aromatic N) is 1. The highest BCUT2D eigenvalue weighted by atomic mass is 32.2. The van der Waals surface area contributed by atoms with E-state index in [1.54, 1.807) is 0 Å². The summed E-state index contributed by atoms with van der Waals surface area (Å²) in [5.41, 5.74) is 10.7. The molecule has 2 aromatic carbocycles. The molecule has 164 valence electrons. The average Bonchev–Trinajstić information content (AvgIpc) is 2.67. The van der Waals surface area contributed by atoms with Crippen molar-refractivity contribution in [2.45, 2.75) is 56.6 Å². The van der Waals surface area contributed by atoms with Crippen LogP contribution >= 0.6 is 11.8 Å². The zero-order chi connectivity index (χ0) is 22.1. The quantitative estimate of drug-likeness (QED) is 0.692. The Hall–Kier alpha value is -2.02. The second-order valence-corrected chi connectivity index (χ2v) is 9.61. The number of hydrogen-bond donors (Lipinski definition) is 2. The van der Waals surface area contributed by atoms with E-state index >= 15 is 0 Å². The number of hydrogen-bond acceptors (Lipinski definition) is 6. The maximum Gasteiger partial charge on any atom is 0.293 e. The van der Waals surface area contributed by atoms with E-state index in [1.165, 1.54) is 32.2 Å². The van der Waals surface area contributed by atoms with Crippen LogP contribution in [-0.4, -0.2) is 38.3 Å². The minimum Gasteiger partial charge on any atom is -0.462 e. The van der Waals surface area contributed by atoms with Gasteiger partial charge in [-0.1, -0.05) is 23.9 Å². The molecule has 0 spiro atoms. The summed E-state index contributed by atoms with van der Waals surface area (Å²) >= 11 is 1.85. The molecule has 0 radical (unpaired) electrons. The van der Waals surface area contributed by atoms with Gasteiger partial charge in [-0.05, 0) is 75.6 Å². The third-order valence-corrected chi connectivity index (χ3v) is 5.56. The van der Waals surface area contributed by atoms with Crippen LogP contribution in [0.4, 0.5) is 5.69 Å². The molecule has 0 aliphatic carbocycles. The van der Waals surface area contributed by atoms with Crippen molar-refractivity contribution in [2.24, 2.45) is 5.73 Å². The molecule has 0 aromatic heterocycles. The van der Waals surface area contributed by atoms with Gasteiger partial charge in [0.2, 0.25) is 0 Å². The number of carbonyl (C=O) groups is 1. The molecule has 5 nitrogen and oxygen atoms in total. The second-order valence-electron chi connectivity index (χ2n) is 8.50. The second kappa shape index (κ2) is 11.4. The van der Waals surface area contributed by atoms with Gasteiger partial charge >= 0.3 is 0 Å². The first-order chi connectivity index (χ1) is 14.2. The zero-order valence-electron chi connectivity index (χ0n) is 18.8. The molecule has 1 aliphatic heterocycles. The van der Waals surface area contributed by atoms with E-state index in [-0.39, 0.29) is 5.60 Å². The number of nitrogens with one attached hydrogen (secondary N) is 1. The van der Waals surface area contributed by atoms with Gasteiger partial charge in [0.1, 0.15) is 5.60 Å². The fourth-order valence-corrected chi connectivity index (χ4v) is 4.45. The smallest absolute Gasteiger partial charge is 0.293 e. The molecule has 3 rings (SSSR count). The maximum absolute atomic E-state index is 9.60. The summed E-state index contributed by atoms with van der Waals surface area (Å²) in [4.78, 5) is 14.7. The van der Waals surface area contributed by atoms with E-state index in [9.17, 15) is 4.79 Å². The molecule has 1 saturated heterocycles. The molecule has 0 unspecified atom stereocenters. The Morgan fingerprint density at radius 3 is 2.23 bits per heavy atom. The van der Waals surface area contributed by atoms with Gasteiger partial charge in [0.25, 0.3) is 6.47 Å². The van der Waals surface area contributed by atoms with Crippen LogP contribution in [0.2, 0.25) is 0 Å². The lowest BCUT2D eigenvalue weighted by Gasteiger charge is -2.31. The maximum atomic E-state index is 9.60. The van der Waals surface area contributed by atoms with Gasteiger partial charge in [0, 0.05) is 42.5 Å². The van der Waals surface area contributed by atoms with E-state index in [2.05, 4.69) is 65.2 Å². The lowest BCUT2D eigenvalue weighted by atomic mass is 10.2. The molecule has 6 heteroatoms. The largest absolute Gasteiger partial charge is 0.462 e. The van der Waals surface area contributed by atoms with E-state index in [0.717, 1.165) is 26.2 Å². The number of benzene rings is 2. The fraction of sp³-hybridized carbons (Fsp3) is 0.458. The standard InChI is InChI=1S/C19H25N3S.C5H10O2/c1-14-9-15(2)11-17(10-14)23-19-12-16(13-20)3-4-18(19)22-7-5-21-6-8-22;1-5(2,3)7-4-6/h3-4,9-12,21H,5-8,13,20H2,1-2H3;4H,1-3H3. The van der Waals surface area contributed by atoms with Crippen molar-refractivity contribution in [2.75, 3.05) is 31.1 Å². The predicted molar refractivity (Wildman–Crippen MR) is 126 cm³/mol. The summed E-state index contributed by atoms with van der Waals surface area (Å²) in [5, 5.41) is 3.42. The first kappa shape index (κ1) is 24.3. The summed E-state index contributed by atoms with van der Waals surface area (Å²) in [6.45, 7) is 15.0. The number of ether oxygens (including phenoxy) is 1. The number of rotatable bonds is 5. The lowest BCUT2D eigenvalue weighted by Crippen LogP contribution is -2.43. The van der Waals surface area contributed by atoms with E-state index in [0.29, 0.717) is 13.0 Å². The van der Waals surface area contributed by atoms with Crippen LogP contribution in [0, 0.1) is 13.8 Å². The summed E-state index contributed by atoms with van der Waals surface area (Å²) in [5.74, 6) is 0. The molecule has 0 atom stereocenters. The van der Waals surface area contributed by atoms with Gasteiger partial charge in [-0.3, -0.25) is 4.79 Å². The Morgan fingerprint density at radius 2 is 1.73 bits per heavy atom. The van der Waals surface area contributed by atoms with Crippen LogP contribution in [0.15, 0.2) is 46.2 Å². The molecule has 1 fully saturated rings. The first-order valence-corrected chi connectivity index (χ1v) is 11.2. The van der Waals surface area contributed by atoms with Crippen molar-refractivity contribution in [3.8, 4) is 0 Å². The van der Waals surface area contributed by atoms with E-state index in [4.69, 9.17) is 5.73 Å². The Balaban J connectivity index is 0.000000396. The van der Waals surface area contributed by atoms with Crippen LogP contribution in [0.1, 0.15) is 37.5 Å². The third-order valence-electron chi connectivity index (χ3n) is 4.54. The number of nitrogens with two attached hydrogens (primary N) is 1. The number of carbonyl (C=O) groups excluding carboxylic acids is 1. The van der Waals surface area contributed by atoms with Crippen LogP contribution in [0.5, 0.6) is 0 Å². The minimum absolute atomic E-state index is 0.318. The Bertz CT molecular complexity index is 807. The number of aryl methyl sites for hydroxylation is 2. The average molecular weight is 430 g/mol. The van der Waals surface area contributed by atoms with Crippen molar-refractivity contribution in [1.82, 2.24) is 5.32 Å². The highest BCUT2D eigenvalue weighted by Crippen LogP contribution is 2.37. The van der Waals surface area contributed by atoms with Gasteiger partial charge in [-0.15, -0.1) is 0 Å². The number of anilines is 1. The van der Waals surface area contributed by atoms with Crippen molar-refractivity contribution >= 4 is 23.9 Å². The Labute approximate surface area is 185 Å². The molecular formula is C24H35N3O2S. The monoisotopic (exact) mass is 429 g/mol. The van der Waals surface area contributed by atoms with Crippen LogP contribution in [-0.2, 0) is 16.1 Å². The molecule has 0 amide bonds. The molecule has 2 aromatic rings. The highest BCUT2D eigenvalue weighted by molar-refractivity contribution is 7.99. The van der Waals surface area contributed by atoms with Crippen molar-refractivity contribution in [1.29, 1.82) is 0 Å². The zero-order valence-corrected chi connectivity index (χ0v) is 19.6. The van der Waals surface area contributed by atoms with Gasteiger partial charge in [0.05, 0.1) is 5.69 Å². The van der Waals surface area contributed by atoms with Gasteiger partial charge < -0.3 is 20.7 Å². The summed E-state index contributed by atoms with van der Waals surface area (Å²) in [7, 11) is 0. The third kappa shape index (κ3) is 8.01. The molecule has 0 saturated carbocycles. The van der Waals surface area contributed by atoms with Gasteiger partial charge in [-0.25, -0.2) is 0 Å². The Kier molecular flexibility index (Phi) is 9.21. The fourth-order valence-electron chi connectivity index (χ4n) is 3.20. The van der Waals surface area contributed by atoms with Gasteiger partial charge in [-0.2, -0.15) is 0 Å². The molecular weight excluding hydrogens is 394 g/mol. The predicted octanol–water partition coefficient (Wildman–Crippen LogP) is 4.28. The minimum atomic E-state index is -0.318. The van der Waals surface area contributed by atoms with Gasteiger partial charge in [0.15, 0.2) is 0 Å². The number of piperazine rings is 1. The van der Waals surface area contributed by atoms with Crippen molar-refractivity contribution in [3.63, 3.8) is 0 Å². The van der Waals surface area contributed by atoms with E-state index < -0.39 is 0 Å². The van der Waals surface area contributed by atoms with Crippen molar-refractivity contribution < 1.29 is 9.53 Å². The Morgan fingerprint density at radius 1 is 1.10 bits per heavy atom. The normalized spacial score (nSPS) is 14.0. The topological polar surface area (TPSA) is 67.6 Å². The first-order valence-electron chi connectivity index (χ1n) is 10.4. The molecule has 3 N–H and O–H groups in total.